The summed E-state index contributed by atoms with van der Waals surface area (Å²) in [6.07, 6.45) is 3.87. The monoisotopic (exact) mass is 687 g/mol. The highest BCUT2D eigenvalue weighted by Gasteiger charge is 2.35. The first kappa shape index (κ1) is 36.6. The summed E-state index contributed by atoms with van der Waals surface area (Å²) in [5, 5.41) is 3.03. The summed E-state index contributed by atoms with van der Waals surface area (Å²) in [5.41, 5.74) is 2.95. The third kappa shape index (κ3) is 9.41. The molecule has 0 saturated carbocycles. The Kier molecular flexibility index (Phi) is 13.5. The zero-order chi connectivity index (χ0) is 34.5. The summed E-state index contributed by atoms with van der Waals surface area (Å²) in [6.45, 7) is 6.17. The number of nitrogens with one attached hydrogen (secondary N) is 1. The fourth-order valence-electron chi connectivity index (χ4n) is 5.36. The second kappa shape index (κ2) is 17.8. The summed E-state index contributed by atoms with van der Waals surface area (Å²) >= 11 is 1.50. The predicted octanol–water partition coefficient (Wildman–Crippen LogP) is 6.87. The third-order valence-electron chi connectivity index (χ3n) is 8.06. The molecular formula is C38H45N3O5S2. The van der Waals surface area contributed by atoms with E-state index in [1.807, 2.05) is 81.6 Å². The van der Waals surface area contributed by atoms with Gasteiger partial charge in [0, 0.05) is 24.4 Å². The van der Waals surface area contributed by atoms with E-state index in [9.17, 15) is 18.0 Å². The Labute approximate surface area is 289 Å². The maximum absolute atomic E-state index is 14.8. The number of thioether (sulfide) groups is 1. The average molecular weight is 688 g/mol. The smallest absolute Gasteiger partial charge is 0.264 e. The summed E-state index contributed by atoms with van der Waals surface area (Å²) in [5.74, 6) is -0.466. The summed E-state index contributed by atoms with van der Waals surface area (Å²) in [7, 11) is -4.26. The number of para-hydroxylation sites is 2. The van der Waals surface area contributed by atoms with Crippen LogP contribution in [0.25, 0.3) is 0 Å². The molecule has 0 radical (unpaired) electrons. The van der Waals surface area contributed by atoms with Crippen LogP contribution in [0.4, 0.5) is 5.69 Å². The molecule has 0 spiro atoms. The second-order valence-electron chi connectivity index (χ2n) is 11.4. The van der Waals surface area contributed by atoms with Crippen molar-refractivity contribution in [1.82, 2.24) is 10.2 Å². The van der Waals surface area contributed by atoms with Crippen LogP contribution in [-0.2, 0) is 32.6 Å². The minimum atomic E-state index is -4.26. The largest absolute Gasteiger partial charge is 0.492 e. The molecule has 1 unspecified atom stereocenters. The Bertz CT molecular complexity index is 1750. The van der Waals surface area contributed by atoms with Gasteiger partial charge in [-0.15, -0.1) is 11.8 Å². The number of ether oxygens (including phenoxy) is 1. The zero-order valence-corrected chi connectivity index (χ0v) is 29.7. The lowest BCUT2D eigenvalue weighted by atomic mass is 10.0. The molecule has 0 fully saturated rings. The van der Waals surface area contributed by atoms with Gasteiger partial charge in [0.2, 0.25) is 11.8 Å². The van der Waals surface area contributed by atoms with Crippen LogP contribution in [0.3, 0.4) is 0 Å². The SMILES string of the molecule is CCCCNC(=O)C(Cc1ccccc1)N(Cc1ccccc1C)C(=O)CN(c1ccccc1OCC)S(=O)(=O)c1ccc(SC)cc1. The first-order valence-corrected chi connectivity index (χ1v) is 18.9. The highest BCUT2D eigenvalue weighted by atomic mass is 32.2. The molecule has 0 heterocycles. The van der Waals surface area contributed by atoms with Crippen LogP contribution >= 0.6 is 11.8 Å². The van der Waals surface area contributed by atoms with Crippen LogP contribution in [0.15, 0.2) is 113 Å². The lowest BCUT2D eigenvalue weighted by molar-refractivity contribution is -0.140. The number of carbonyl (C=O) groups excluding carboxylic acids is 2. The molecular weight excluding hydrogens is 643 g/mol. The predicted molar refractivity (Wildman–Crippen MR) is 194 cm³/mol. The van der Waals surface area contributed by atoms with Gasteiger partial charge in [-0.1, -0.05) is 80.1 Å². The first-order valence-electron chi connectivity index (χ1n) is 16.2. The standard InChI is InChI=1S/C38H45N3O5S2/c1-5-7-25-39-38(43)35(26-30-16-9-8-10-17-30)40(27-31-18-12-11-15-29(31)3)37(42)28-41(34-19-13-14-20-36(34)46-6-2)48(44,45)33-23-21-32(47-4)22-24-33/h8-24,35H,5-7,25-28H2,1-4H3,(H,39,43). The number of hydrogen-bond donors (Lipinski definition) is 1. The molecule has 8 nitrogen and oxygen atoms in total. The zero-order valence-electron chi connectivity index (χ0n) is 28.1. The molecule has 4 aromatic carbocycles. The van der Waals surface area contributed by atoms with Gasteiger partial charge in [-0.3, -0.25) is 13.9 Å². The Morgan fingerprint density at radius 1 is 0.875 bits per heavy atom. The van der Waals surface area contributed by atoms with Gasteiger partial charge in [-0.05, 0) is 79.6 Å². The number of nitrogens with zero attached hydrogens (tertiary/aromatic N) is 2. The highest BCUT2D eigenvalue weighted by molar-refractivity contribution is 7.98. The Morgan fingerprint density at radius 2 is 1.54 bits per heavy atom. The number of anilines is 1. The van der Waals surface area contributed by atoms with Crippen molar-refractivity contribution in [3.8, 4) is 5.75 Å². The molecule has 0 aliphatic rings. The lowest BCUT2D eigenvalue weighted by Gasteiger charge is -2.34. The van der Waals surface area contributed by atoms with Crippen molar-refractivity contribution < 1.29 is 22.7 Å². The first-order chi connectivity index (χ1) is 23.2. The fourth-order valence-corrected chi connectivity index (χ4v) is 7.19. The van der Waals surface area contributed by atoms with Crippen molar-refractivity contribution in [3.05, 3.63) is 120 Å². The average Bonchev–Trinajstić information content (AvgIpc) is 3.10. The van der Waals surface area contributed by atoms with Crippen molar-refractivity contribution >= 4 is 39.3 Å². The molecule has 1 N–H and O–H groups in total. The van der Waals surface area contributed by atoms with E-state index >= 15 is 0 Å². The van der Waals surface area contributed by atoms with Crippen LogP contribution in [0.5, 0.6) is 5.75 Å². The van der Waals surface area contributed by atoms with E-state index in [0.29, 0.717) is 18.9 Å². The molecule has 10 heteroatoms. The minimum Gasteiger partial charge on any atom is -0.492 e. The number of carbonyl (C=O) groups is 2. The van der Waals surface area contributed by atoms with Crippen molar-refractivity contribution in [2.75, 3.05) is 30.3 Å². The molecule has 2 amide bonds. The number of amides is 2. The quantitative estimate of drug-likeness (QED) is 0.0962. The van der Waals surface area contributed by atoms with E-state index in [1.165, 1.54) is 16.7 Å². The molecule has 0 aliphatic carbocycles. The van der Waals surface area contributed by atoms with Crippen LogP contribution < -0.4 is 14.4 Å². The number of sulfonamides is 1. The van der Waals surface area contributed by atoms with Gasteiger partial charge in [0.25, 0.3) is 10.0 Å². The summed E-state index contributed by atoms with van der Waals surface area (Å²) in [4.78, 5) is 31.2. The fraction of sp³-hybridized carbons (Fsp3) is 0.316. The molecule has 48 heavy (non-hydrogen) atoms. The maximum Gasteiger partial charge on any atom is 0.264 e. The van der Waals surface area contributed by atoms with E-state index in [1.54, 1.807) is 48.5 Å². The summed E-state index contributed by atoms with van der Waals surface area (Å²) < 4.78 is 35.8. The van der Waals surface area contributed by atoms with E-state index in [4.69, 9.17) is 4.74 Å². The molecule has 254 valence electrons. The van der Waals surface area contributed by atoms with Gasteiger partial charge in [-0.2, -0.15) is 0 Å². The van der Waals surface area contributed by atoms with Crippen molar-refractivity contribution in [2.24, 2.45) is 0 Å². The van der Waals surface area contributed by atoms with Gasteiger partial charge in [0.05, 0.1) is 17.2 Å². The molecule has 4 rings (SSSR count). The van der Waals surface area contributed by atoms with Gasteiger partial charge >= 0.3 is 0 Å². The minimum absolute atomic E-state index is 0.0444. The number of aryl methyl sites for hydroxylation is 1. The highest BCUT2D eigenvalue weighted by Crippen LogP contribution is 2.33. The number of unbranched alkanes of at least 4 members (excludes halogenated alkanes) is 1. The third-order valence-corrected chi connectivity index (χ3v) is 10.6. The molecule has 0 aromatic heterocycles. The van der Waals surface area contributed by atoms with E-state index in [0.717, 1.165) is 38.7 Å². The topological polar surface area (TPSA) is 96.0 Å². The van der Waals surface area contributed by atoms with Crippen LogP contribution in [0, 0.1) is 6.92 Å². The van der Waals surface area contributed by atoms with Gasteiger partial charge in [-0.25, -0.2) is 8.42 Å². The van der Waals surface area contributed by atoms with Crippen LogP contribution in [0.2, 0.25) is 0 Å². The number of hydrogen-bond acceptors (Lipinski definition) is 6. The van der Waals surface area contributed by atoms with Crippen LogP contribution in [0.1, 0.15) is 43.4 Å². The molecule has 4 aromatic rings. The van der Waals surface area contributed by atoms with Gasteiger partial charge in [0.15, 0.2) is 0 Å². The Balaban J connectivity index is 1.83. The van der Waals surface area contributed by atoms with E-state index in [2.05, 4.69) is 5.32 Å². The Hall–Kier alpha value is -4.28. The molecule has 1 atom stereocenters. The number of benzene rings is 4. The van der Waals surface area contributed by atoms with Crippen LogP contribution in [-0.4, -0.2) is 57.1 Å². The number of rotatable bonds is 17. The Morgan fingerprint density at radius 3 is 2.21 bits per heavy atom. The maximum atomic E-state index is 14.8. The van der Waals surface area contributed by atoms with Gasteiger partial charge in [0.1, 0.15) is 18.3 Å². The lowest BCUT2D eigenvalue weighted by Crippen LogP contribution is -2.53. The van der Waals surface area contributed by atoms with E-state index in [-0.39, 0.29) is 29.5 Å². The molecule has 0 aliphatic heterocycles. The summed E-state index contributed by atoms with van der Waals surface area (Å²) in [6, 6.07) is 29.7. The van der Waals surface area contributed by atoms with Gasteiger partial charge < -0.3 is 15.0 Å². The normalized spacial score (nSPS) is 11.8. The van der Waals surface area contributed by atoms with E-state index < -0.39 is 28.5 Å². The molecule has 0 bridgehead atoms. The second-order valence-corrected chi connectivity index (χ2v) is 14.1. The molecule has 0 saturated heterocycles. The van der Waals surface area contributed by atoms with Crippen molar-refractivity contribution in [1.29, 1.82) is 0 Å². The van der Waals surface area contributed by atoms with Crippen molar-refractivity contribution in [2.45, 2.75) is 62.4 Å². The van der Waals surface area contributed by atoms with Crippen molar-refractivity contribution in [3.63, 3.8) is 0 Å².